The molecule has 2 aliphatic rings. The average molecular weight is 430 g/mol. The van der Waals surface area contributed by atoms with Crippen LogP contribution in [-0.4, -0.2) is 29.0 Å². The van der Waals surface area contributed by atoms with Gasteiger partial charge in [0.25, 0.3) is 0 Å². The van der Waals surface area contributed by atoms with Gasteiger partial charge in [-0.25, -0.2) is 4.98 Å². The molecule has 0 radical (unpaired) electrons. The SMILES string of the molecule is O=C(O[C@@H]1CCCCc2c(Br)cccc21)C1CCN(c2cnccn2)CC1. The number of aromatic nitrogens is 2. The first-order valence-corrected chi connectivity index (χ1v) is 10.5. The number of anilines is 1. The fourth-order valence-corrected chi connectivity index (χ4v) is 4.67. The number of halogens is 1. The van der Waals surface area contributed by atoms with Crippen LogP contribution in [-0.2, 0) is 16.0 Å². The molecule has 142 valence electrons. The first-order chi connectivity index (χ1) is 13.2. The second kappa shape index (κ2) is 8.38. The van der Waals surface area contributed by atoms with Crippen molar-refractivity contribution >= 4 is 27.7 Å². The lowest BCUT2D eigenvalue weighted by Crippen LogP contribution is -2.37. The highest BCUT2D eigenvalue weighted by atomic mass is 79.9. The summed E-state index contributed by atoms with van der Waals surface area (Å²) in [7, 11) is 0. The minimum atomic E-state index is -0.120. The normalized spacial score (nSPS) is 20.6. The molecule has 0 bridgehead atoms. The lowest BCUT2D eigenvalue weighted by molar-refractivity contribution is -0.155. The molecule has 1 atom stereocenters. The second-order valence-electron chi connectivity index (χ2n) is 7.30. The van der Waals surface area contributed by atoms with Gasteiger partial charge in [-0.15, -0.1) is 0 Å². The first kappa shape index (κ1) is 18.4. The molecular weight excluding hydrogens is 406 g/mol. The van der Waals surface area contributed by atoms with Crippen LogP contribution in [0, 0.1) is 5.92 Å². The van der Waals surface area contributed by atoms with E-state index in [0.29, 0.717) is 0 Å². The van der Waals surface area contributed by atoms with Crippen molar-refractivity contribution in [1.82, 2.24) is 9.97 Å². The summed E-state index contributed by atoms with van der Waals surface area (Å²) in [5.41, 5.74) is 2.47. The van der Waals surface area contributed by atoms with Crippen LogP contribution < -0.4 is 4.90 Å². The zero-order valence-electron chi connectivity index (χ0n) is 15.3. The molecule has 5 nitrogen and oxygen atoms in total. The van der Waals surface area contributed by atoms with Crippen molar-refractivity contribution in [2.24, 2.45) is 5.92 Å². The van der Waals surface area contributed by atoms with E-state index in [4.69, 9.17) is 4.74 Å². The fraction of sp³-hybridized carbons (Fsp3) is 0.476. The Labute approximate surface area is 168 Å². The lowest BCUT2D eigenvalue weighted by atomic mass is 9.96. The van der Waals surface area contributed by atoms with Gasteiger partial charge in [-0.1, -0.05) is 28.1 Å². The number of carbonyl (C=O) groups excluding carboxylic acids is 1. The van der Waals surface area contributed by atoms with E-state index in [1.54, 1.807) is 18.6 Å². The Morgan fingerprint density at radius 2 is 2.00 bits per heavy atom. The molecule has 1 aromatic heterocycles. The second-order valence-corrected chi connectivity index (χ2v) is 8.16. The molecule has 0 unspecified atom stereocenters. The number of rotatable bonds is 3. The molecule has 2 heterocycles. The molecule has 6 heteroatoms. The summed E-state index contributed by atoms with van der Waals surface area (Å²) in [6.07, 6.45) is 10.8. The van der Waals surface area contributed by atoms with Crippen LogP contribution >= 0.6 is 15.9 Å². The quantitative estimate of drug-likeness (QED) is 0.532. The van der Waals surface area contributed by atoms with Crippen LogP contribution in [0.25, 0.3) is 0 Å². The highest BCUT2D eigenvalue weighted by Crippen LogP contribution is 2.36. The van der Waals surface area contributed by atoms with E-state index in [1.165, 1.54) is 11.1 Å². The topological polar surface area (TPSA) is 55.3 Å². The van der Waals surface area contributed by atoms with Crippen molar-refractivity contribution in [3.8, 4) is 0 Å². The monoisotopic (exact) mass is 429 g/mol. The van der Waals surface area contributed by atoms with Crippen molar-refractivity contribution in [2.45, 2.75) is 44.6 Å². The van der Waals surface area contributed by atoms with Crippen LogP contribution in [0.2, 0.25) is 0 Å². The molecule has 0 saturated carbocycles. The summed E-state index contributed by atoms with van der Waals surface area (Å²) in [5.74, 6) is 0.801. The van der Waals surface area contributed by atoms with E-state index in [0.717, 1.165) is 61.9 Å². The largest absolute Gasteiger partial charge is 0.457 e. The van der Waals surface area contributed by atoms with Gasteiger partial charge in [0.1, 0.15) is 11.9 Å². The number of fused-ring (bicyclic) bond motifs is 1. The number of esters is 1. The van der Waals surface area contributed by atoms with Gasteiger partial charge in [0.15, 0.2) is 0 Å². The van der Waals surface area contributed by atoms with Crippen LogP contribution in [0.4, 0.5) is 5.82 Å². The van der Waals surface area contributed by atoms with Gasteiger partial charge >= 0.3 is 5.97 Å². The van der Waals surface area contributed by atoms with Gasteiger partial charge in [0, 0.05) is 30.0 Å². The summed E-state index contributed by atoms with van der Waals surface area (Å²) in [6, 6.07) is 6.22. The van der Waals surface area contributed by atoms with E-state index in [-0.39, 0.29) is 18.0 Å². The fourth-order valence-electron chi connectivity index (χ4n) is 4.09. The van der Waals surface area contributed by atoms with E-state index in [1.807, 2.05) is 6.07 Å². The highest BCUT2D eigenvalue weighted by molar-refractivity contribution is 9.10. The first-order valence-electron chi connectivity index (χ1n) is 9.71. The molecule has 1 saturated heterocycles. The minimum absolute atomic E-state index is 0.0308. The number of hydrogen-bond donors (Lipinski definition) is 0. The number of piperidine rings is 1. The lowest BCUT2D eigenvalue weighted by Gasteiger charge is -2.32. The smallest absolute Gasteiger partial charge is 0.309 e. The number of benzene rings is 1. The molecule has 2 aromatic rings. The maximum atomic E-state index is 12.8. The zero-order chi connectivity index (χ0) is 18.6. The predicted octanol–water partition coefficient (Wildman–Crippen LogP) is 4.47. The number of nitrogens with zero attached hydrogens (tertiary/aromatic N) is 3. The Morgan fingerprint density at radius 1 is 1.15 bits per heavy atom. The van der Waals surface area contributed by atoms with Gasteiger partial charge in [-0.05, 0) is 55.7 Å². The standard InChI is InChI=1S/C21H24BrN3O2/c22-18-6-3-5-17-16(18)4-1-2-7-19(17)27-21(26)15-8-12-25(13-9-15)20-14-23-10-11-24-20/h3,5-6,10-11,14-15,19H,1-2,4,7-9,12-13H2/t19-/m1/s1. The molecule has 0 N–H and O–H groups in total. The zero-order valence-corrected chi connectivity index (χ0v) is 16.9. The molecule has 1 aliphatic heterocycles. The molecule has 27 heavy (non-hydrogen) atoms. The number of ether oxygens (including phenoxy) is 1. The Morgan fingerprint density at radius 3 is 2.78 bits per heavy atom. The van der Waals surface area contributed by atoms with Crippen LogP contribution in [0.3, 0.4) is 0 Å². The highest BCUT2D eigenvalue weighted by Gasteiger charge is 2.30. The molecular formula is C21H24BrN3O2. The maximum Gasteiger partial charge on any atom is 0.309 e. The summed E-state index contributed by atoms with van der Waals surface area (Å²) >= 11 is 3.66. The van der Waals surface area contributed by atoms with Crippen molar-refractivity contribution in [1.29, 1.82) is 0 Å². The third-order valence-electron chi connectivity index (χ3n) is 5.61. The van der Waals surface area contributed by atoms with Crippen molar-refractivity contribution in [2.75, 3.05) is 18.0 Å². The van der Waals surface area contributed by atoms with Gasteiger partial charge in [-0.3, -0.25) is 9.78 Å². The summed E-state index contributed by atoms with van der Waals surface area (Å²) in [6.45, 7) is 1.62. The Balaban J connectivity index is 1.40. The van der Waals surface area contributed by atoms with Crippen LogP contribution in [0.5, 0.6) is 0 Å². The van der Waals surface area contributed by atoms with Gasteiger partial charge in [-0.2, -0.15) is 0 Å². The summed E-state index contributed by atoms with van der Waals surface area (Å²) < 4.78 is 7.15. The van der Waals surface area contributed by atoms with Crippen molar-refractivity contribution in [3.63, 3.8) is 0 Å². The van der Waals surface area contributed by atoms with Crippen molar-refractivity contribution in [3.05, 3.63) is 52.4 Å². The van der Waals surface area contributed by atoms with Crippen molar-refractivity contribution < 1.29 is 9.53 Å². The van der Waals surface area contributed by atoms with E-state index in [9.17, 15) is 4.79 Å². The third-order valence-corrected chi connectivity index (χ3v) is 6.35. The van der Waals surface area contributed by atoms with Gasteiger partial charge < -0.3 is 9.64 Å². The number of carbonyl (C=O) groups is 1. The Hall–Kier alpha value is -1.95. The Kier molecular flexibility index (Phi) is 5.72. The van der Waals surface area contributed by atoms with E-state index < -0.39 is 0 Å². The van der Waals surface area contributed by atoms with E-state index in [2.05, 4.69) is 42.9 Å². The maximum absolute atomic E-state index is 12.8. The van der Waals surface area contributed by atoms with Crippen LogP contribution in [0.15, 0.2) is 41.3 Å². The van der Waals surface area contributed by atoms with Gasteiger partial charge in [0.2, 0.25) is 0 Å². The molecule has 1 aromatic carbocycles. The molecule has 1 fully saturated rings. The molecule has 0 spiro atoms. The molecule has 0 amide bonds. The molecule has 1 aliphatic carbocycles. The minimum Gasteiger partial charge on any atom is -0.457 e. The molecule has 4 rings (SSSR count). The van der Waals surface area contributed by atoms with Gasteiger partial charge in [0.05, 0.1) is 12.1 Å². The summed E-state index contributed by atoms with van der Waals surface area (Å²) in [4.78, 5) is 23.5. The Bertz CT molecular complexity index is 791. The summed E-state index contributed by atoms with van der Waals surface area (Å²) in [5, 5.41) is 0. The number of hydrogen-bond acceptors (Lipinski definition) is 5. The van der Waals surface area contributed by atoms with Crippen LogP contribution in [0.1, 0.15) is 49.3 Å². The van der Waals surface area contributed by atoms with E-state index >= 15 is 0 Å². The third kappa shape index (κ3) is 4.15. The average Bonchev–Trinajstić information content (AvgIpc) is 2.92. The predicted molar refractivity (Wildman–Crippen MR) is 107 cm³/mol.